The van der Waals surface area contributed by atoms with E-state index < -0.39 is 35.5 Å². The molecule has 1 rings (SSSR count). The zero-order valence-electron chi connectivity index (χ0n) is 28.0. The lowest BCUT2D eigenvalue weighted by Crippen LogP contribution is -2.52. The van der Waals surface area contributed by atoms with Crippen LogP contribution in [0.4, 0.5) is 4.79 Å². The first-order chi connectivity index (χ1) is 21.3. The van der Waals surface area contributed by atoms with Crippen LogP contribution in [0.15, 0.2) is 60.1 Å². The Bertz CT molecular complexity index is 1210. The van der Waals surface area contributed by atoms with Crippen LogP contribution in [0, 0.1) is 23.2 Å². The van der Waals surface area contributed by atoms with Gasteiger partial charge in [-0.05, 0) is 38.0 Å². The first-order valence-corrected chi connectivity index (χ1v) is 15.4. The average Bonchev–Trinajstić information content (AvgIpc) is 2.98. The second kappa shape index (κ2) is 20.7. The van der Waals surface area contributed by atoms with Crippen molar-refractivity contribution in [3.8, 4) is 11.8 Å². The molecule has 0 aromatic carbocycles. The number of cyclic esters (lactones) is 1. The largest absolute Gasteiger partial charge is 0.490 e. The molecule has 45 heavy (non-hydrogen) atoms. The van der Waals surface area contributed by atoms with Gasteiger partial charge in [-0.3, -0.25) is 9.59 Å². The van der Waals surface area contributed by atoms with Crippen molar-refractivity contribution in [2.75, 3.05) is 13.7 Å². The summed E-state index contributed by atoms with van der Waals surface area (Å²) in [5, 5.41) is 8.22. The summed E-state index contributed by atoms with van der Waals surface area (Å²) in [5.41, 5.74) is 0.378. The number of unbranched alkanes of at least 4 members (excludes halogenated alkanes) is 1. The highest BCUT2D eigenvalue weighted by molar-refractivity contribution is 5.93. The first kappa shape index (κ1) is 38.8. The maximum absolute atomic E-state index is 13.0. The van der Waals surface area contributed by atoms with E-state index in [-0.39, 0.29) is 23.7 Å². The summed E-state index contributed by atoms with van der Waals surface area (Å²) in [6.07, 6.45) is 15.4. The molecule has 1 aliphatic heterocycles. The zero-order chi connectivity index (χ0) is 33.8. The molecule has 1 heterocycles. The van der Waals surface area contributed by atoms with E-state index in [9.17, 15) is 19.2 Å². The van der Waals surface area contributed by atoms with Gasteiger partial charge in [0.2, 0.25) is 11.8 Å². The van der Waals surface area contributed by atoms with Crippen LogP contribution in [0.1, 0.15) is 80.6 Å². The van der Waals surface area contributed by atoms with Gasteiger partial charge in [-0.2, -0.15) is 0 Å². The van der Waals surface area contributed by atoms with E-state index in [2.05, 4.69) is 27.8 Å². The maximum Gasteiger partial charge on any atom is 0.407 e. The lowest BCUT2D eigenvalue weighted by atomic mass is 9.86. The molecule has 10 heteroatoms. The number of hydrogen-bond donors (Lipinski definition) is 3. The van der Waals surface area contributed by atoms with Crippen molar-refractivity contribution in [1.29, 1.82) is 0 Å². The Hall–Kier alpha value is -4.26. The van der Waals surface area contributed by atoms with E-state index in [1.807, 2.05) is 53.7 Å². The van der Waals surface area contributed by atoms with Gasteiger partial charge in [0.15, 0.2) is 5.76 Å². The molecule has 4 atom stereocenters. The molecule has 0 unspecified atom stereocenters. The molecule has 0 spiro atoms. The number of ether oxygens (including phenoxy) is 3. The molecule has 0 saturated carbocycles. The van der Waals surface area contributed by atoms with Crippen molar-refractivity contribution in [2.24, 2.45) is 11.3 Å². The summed E-state index contributed by atoms with van der Waals surface area (Å²) >= 11 is 0. The summed E-state index contributed by atoms with van der Waals surface area (Å²) in [5.74, 6) is 4.69. The highest BCUT2D eigenvalue weighted by atomic mass is 16.6. The number of allylic oxidation sites excluding steroid dienone is 4. The zero-order valence-corrected chi connectivity index (χ0v) is 28.0. The number of hydrogen-bond acceptors (Lipinski definition) is 7. The molecule has 3 N–H and O–H groups in total. The van der Waals surface area contributed by atoms with E-state index in [0.717, 1.165) is 18.4 Å². The Morgan fingerprint density at radius 2 is 1.91 bits per heavy atom. The van der Waals surface area contributed by atoms with Gasteiger partial charge in [0.05, 0.1) is 7.11 Å². The standard InChI is InChI=1S/C35H51N3O7/c1-9-11-17-27(44-34(42)37-22-12-10-2)18-15-23-36-32(40)31(35(5,6)7)38-30(39)19-14-13-16-25(3)24-26(4)28-20-21-29(43-8)33(41)45-28/h13-16,19,21,23-24,26-28,31H,10,12,17-18,20,22H2,1-8H3,(H,36,40)(H,37,42)(H,38,39)/b16-13-,19-14-,23-15-,25-24+/t26-,27-,28-,31+/m0/s1. The van der Waals surface area contributed by atoms with Crippen molar-refractivity contribution >= 4 is 23.9 Å². The molecule has 10 nitrogen and oxygen atoms in total. The smallest absolute Gasteiger partial charge is 0.407 e. The van der Waals surface area contributed by atoms with E-state index >= 15 is 0 Å². The van der Waals surface area contributed by atoms with Crippen LogP contribution in [0.2, 0.25) is 0 Å². The van der Waals surface area contributed by atoms with Crippen molar-refractivity contribution in [2.45, 2.75) is 98.8 Å². The number of nitrogens with one attached hydrogen (secondary N) is 3. The summed E-state index contributed by atoms with van der Waals surface area (Å²) in [7, 11) is 1.44. The third-order valence-electron chi connectivity index (χ3n) is 6.78. The SMILES string of the molecule is CC#CC[C@@H](C/C=C\NC(=O)[C@@H](NC(=O)\C=C/C=C\C(C)=C\[C@H](C)[C@@H]1CC=C(OC)C(=O)O1)C(C)(C)C)OC(=O)NCCCC. The summed E-state index contributed by atoms with van der Waals surface area (Å²) in [4.78, 5) is 49.6. The molecule has 0 saturated heterocycles. The molecule has 1 aliphatic rings. The predicted octanol–water partition coefficient (Wildman–Crippen LogP) is 5.39. The van der Waals surface area contributed by atoms with Gasteiger partial charge in [0, 0.05) is 37.8 Å². The van der Waals surface area contributed by atoms with Gasteiger partial charge in [-0.15, -0.1) is 5.92 Å². The van der Waals surface area contributed by atoms with Crippen molar-refractivity contribution in [3.05, 3.63) is 60.1 Å². The Balaban J connectivity index is 2.69. The van der Waals surface area contributed by atoms with E-state index in [1.165, 1.54) is 19.4 Å². The van der Waals surface area contributed by atoms with Crippen LogP contribution >= 0.6 is 0 Å². The number of rotatable bonds is 16. The second-order valence-electron chi connectivity index (χ2n) is 11.8. The third-order valence-corrected chi connectivity index (χ3v) is 6.78. The fourth-order valence-corrected chi connectivity index (χ4v) is 4.23. The van der Waals surface area contributed by atoms with Crippen molar-refractivity contribution in [3.63, 3.8) is 0 Å². The minimum absolute atomic E-state index is 0.0147. The highest BCUT2D eigenvalue weighted by Gasteiger charge is 2.32. The fraction of sp³-hybridized carbons (Fsp3) is 0.543. The summed E-state index contributed by atoms with van der Waals surface area (Å²) in [6, 6.07) is -0.806. The van der Waals surface area contributed by atoms with E-state index in [4.69, 9.17) is 14.2 Å². The number of alkyl carbamates (subject to hydrolysis) is 1. The number of esters is 1. The maximum atomic E-state index is 13.0. The number of amides is 3. The number of carbonyl (C=O) groups excluding carboxylic acids is 4. The Morgan fingerprint density at radius 3 is 2.53 bits per heavy atom. The quantitative estimate of drug-likeness (QED) is 0.0689. The van der Waals surface area contributed by atoms with Gasteiger partial charge < -0.3 is 30.2 Å². The lowest BCUT2D eigenvalue weighted by molar-refractivity contribution is -0.151. The summed E-state index contributed by atoms with van der Waals surface area (Å²) < 4.78 is 15.9. The van der Waals surface area contributed by atoms with E-state index in [1.54, 1.807) is 31.2 Å². The summed E-state index contributed by atoms with van der Waals surface area (Å²) in [6.45, 7) is 13.8. The Kier molecular flexibility index (Phi) is 17.8. The highest BCUT2D eigenvalue weighted by Crippen LogP contribution is 2.23. The van der Waals surface area contributed by atoms with Crippen molar-refractivity contribution < 1.29 is 33.4 Å². The van der Waals surface area contributed by atoms with Gasteiger partial charge in [0.25, 0.3) is 0 Å². The minimum Gasteiger partial charge on any atom is -0.490 e. The molecule has 3 amide bonds. The third kappa shape index (κ3) is 15.9. The van der Waals surface area contributed by atoms with Gasteiger partial charge in [0.1, 0.15) is 18.2 Å². The van der Waals surface area contributed by atoms with E-state index in [0.29, 0.717) is 25.8 Å². The number of methoxy groups -OCH3 is 1. The molecule has 0 radical (unpaired) electrons. The number of carbonyl (C=O) groups is 4. The normalized spacial score (nSPS) is 17.5. The molecule has 0 fully saturated rings. The van der Waals surface area contributed by atoms with Crippen molar-refractivity contribution in [1.82, 2.24) is 16.0 Å². The second-order valence-corrected chi connectivity index (χ2v) is 11.8. The Morgan fingerprint density at radius 1 is 1.20 bits per heavy atom. The molecule has 0 aromatic heterocycles. The van der Waals surface area contributed by atoms with Crippen LogP contribution in [-0.2, 0) is 28.6 Å². The van der Waals surface area contributed by atoms with Crippen LogP contribution in [0.25, 0.3) is 0 Å². The van der Waals surface area contributed by atoms with Crippen LogP contribution in [0.3, 0.4) is 0 Å². The molecule has 0 aromatic rings. The van der Waals surface area contributed by atoms with Crippen LogP contribution in [-0.4, -0.2) is 55.8 Å². The molecule has 248 valence electrons. The fourth-order valence-electron chi connectivity index (χ4n) is 4.23. The topological polar surface area (TPSA) is 132 Å². The minimum atomic E-state index is -0.806. The molecular weight excluding hydrogens is 574 g/mol. The average molecular weight is 626 g/mol. The monoisotopic (exact) mass is 625 g/mol. The Labute approximate surface area is 268 Å². The predicted molar refractivity (Wildman–Crippen MR) is 175 cm³/mol. The molecule has 0 aliphatic carbocycles. The van der Waals surface area contributed by atoms with Crippen LogP contribution < -0.4 is 16.0 Å². The lowest BCUT2D eigenvalue weighted by Gasteiger charge is -2.29. The van der Waals surface area contributed by atoms with Crippen LogP contribution in [0.5, 0.6) is 0 Å². The molecule has 0 bridgehead atoms. The first-order valence-electron chi connectivity index (χ1n) is 15.4. The molecular formula is C35H51N3O7. The van der Waals surface area contributed by atoms with Gasteiger partial charge in [-0.1, -0.05) is 82.9 Å². The van der Waals surface area contributed by atoms with Gasteiger partial charge >= 0.3 is 12.1 Å². The van der Waals surface area contributed by atoms with Gasteiger partial charge in [-0.25, -0.2) is 9.59 Å².